The van der Waals surface area contributed by atoms with Crippen molar-refractivity contribution in [3.63, 3.8) is 0 Å². The lowest BCUT2D eigenvalue weighted by Crippen LogP contribution is -2.45. The molecule has 0 bridgehead atoms. The fraction of sp³-hybridized carbons (Fsp3) is 0.826. The van der Waals surface area contributed by atoms with Gasteiger partial charge >= 0.3 is 0 Å². The van der Waals surface area contributed by atoms with E-state index in [0.717, 1.165) is 61.9 Å². The number of aliphatic imine (C=N–C) groups is 1. The van der Waals surface area contributed by atoms with Crippen LogP contribution in [0.15, 0.2) is 9.41 Å². The third kappa shape index (κ3) is 6.73. The highest BCUT2D eigenvalue weighted by Gasteiger charge is 2.22. The molecule has 1 aromatic rings. The third-order valence-electron chi connectivity index (χ3n) is 6.76. The largest absolute Gasteiger partial charge is 0.444 e. The molecule has 0 unspecified atom stereocenters. The number of rotatable bonds is 7. The highest BCUT2D eigenvalue weighted by atomic mass is 16.4. The van der Waals surface area contributed by atoms with Gasteiger partial charge in [0, 0.05) is 19.1 Å². The number of aromatic nitrogens is 1. The van der Waals surface area contributed by atoms with Gasteiger partial charge in [-0.15, -0.1) is 0 Å². The lowest BCUT2D eigenvalue weighted by Gasteiger charge is -2.31. The number of oxazole rings is 1. The fourth-order valence-corrected chi connectivity index (χ4v) is 4.57. The zero-order chi connectivity index (χ0) is 20.6. The van der Waals surface area contributed by atoms with E-state index in [1.54, 1.807) is 0 Å². The number of hydrogen-bond donors (Lipinski definition) is 2. The summed E-state index contributed by atoms with van der Waals surface area (Å²) >= 11 is 0. The van der Waals surface area contributed by atoms with Crippen molar-refractivity contribution < 1.29 is 4.42 Å². The second kappa shape index (κ2) is 11.0. The molecule has 6 heteroatoms. The molecule has 2 aliphatic rings. The van der Waals surface area contributed by atoms with Gasteiger partial charge in [0.25, 0.3) is 0 Å². The van der Waals surface area contributed by atoms with Gasteiger partial charge < -0.3 is 15.1 Å². The molecule has 29 heavy (non-hydrogen) atoms. The van der Waals surface area contributed by atoms with Crippen molar-refractivity contribution >= 4 is 5.96 Å². The molecule has 0 spiro atoms. The van der Waals surface area contributed by atoms with Crippen molar-refractivity contribution in [3.05, 3.63) is 17.3 Å². The molecule has 1 aliphatic carbocycles. The van der Waals surface area contributed by atoms with E-state index in [4.69, 9.17) is 9.41 Å². The topological polar surface area (TPSA) is 65.7 Å². The molecule has 0 amide bonds. The van der Waals surface area contributed by atoms with Crippen molar-refractivity contribution in [1.29, 1.82) is 0 Å². The normalized spacial score (nSPS) is 24.6. The number of guanidine groups is 1. The minimum Gasteiger partial charge on any atom is -0.444 e. The number of aryl methyl sites for hydroxylation is 2. The van der Waals surface area contributed by atoms with Crippen molar-refractivity contribution in [1.82, 2.24) is 20.5 Å². The standard InChI is InChI=1S/C23H41N5O/c1-5-19-7-9-21(10-8-19)27-23(24-6-2)25-15-20-11-13-28(14-12-20)16-22-26-17(3)18(4)29-22/h19-21H,5-16H2,1-4H3,(H2,24,25,27). The SMILES string of the molecule is CCNC(=NCC1CCN(Cc2nc(C)c(C)o2)CC1)NC1CCC(CC)CC1. The molecule has 164 valence electrons. The third-order valence-corrected chi connectivity index (χ3v) is 6.76. The Hall–Kier alpha value is -1.56. The van der Waals surface area contributed by atoms with Crippen molar-refractivity contribution in [2.45, 2.75) is 85.2 Å². The van der Waals surface area contributed by atoms with E-state index in [9.17, 15) is 0 Å². The Morgan fingerprint density at radius 2 is 1.79 bits per heavy atom. The van der Waals surface area contributed by atoms with Crippen LogP contribution in [0.1, 0.15) is 76.1 Å². The first kappa shape index (κ1) is 22.1. The van der Waals surface area contributed by atoms with E-state index in [1.165, 1.54) is 44.9 Å². The molecule has 6 nitrogen and oxygen atoms in total. The molecule has 1 aromatic heterocycles. The summed E-state index contributed by atoms with van der Waals surface area (Å²) in [5.74, 6) is 4.41. The molecular formula is C23H41N5O. The van der Waals surface area contributed by atoms with Crippen LogP contribution in [0, 0.1) is 25.7 Å². The summed E-state index contributed by atoms with van der Waals surface area (Å²) in [4.78, 5) is 11.9. The lowest BCUT2D eigenvalue weighted by atomic mass is 9.84. The van der Waals surface area contributed by atoms with Crippen LogP contribution in [0.4, 0.5) is 0 Å². The molecule has 2 heterocycles. The van der Waals surface area contributed by atoms with Gasteiger partial charge in [-0.25, -0.2) is 4.98 Å². The van der Waals surface area contributed by atoms with Crippen molar-refractivity contribution in [2.24, 2.45) is 16.8 Å². The predicted octanol–water partition coefficient (Wildman–Crippen LogP) is 4.03. The van der Waals surface area contributed by atoms with Crippen LogP contribution in [0.5, 0.6) is 0 Å². The predicted molar refractivity (Wildman–Crippen MR) is 119 cm³/mol. The van der Waals surface area contributed by atoms with Gasteiger partial charge in [-0.05, 0) is 84.2 Å². The van der Waals surface area contributed by atoms with Crippen LogP contribution >= 0.6 is 0 Å². The maximum Gasteiger partial charge on any atom is 0.208 e. The summed E-state index contributed by atoms with van der Waals surface area (Å²) in [6.07, 6.45) is 8.99. The Morgan fingerprint density at radius 3 is 2.38 bits per heavy atom. The van der Waals surface area contributed by atoms with Gasteiger partial charge in [-0.1, -0.05) is 13.3 Å². The quantitative estimate of drug-likeness (QED) is 0.532. The molecule has 1 saturated carbocycles. The highest BCUT2D eigenvalue weighted by molar-refractivity contribution is 5.80. The van der Waals surface area contributed by atoms with Gasteiger partial charge in [0.1, 0.15) is 5.76 Å². The highest BCUT2D eigenvalue weighted by Crippen LogP contribution is 2.26. The van der Waals surface area contributed by atoms with Gasteiger partial charge in [0.05, 0.1) is 12.2 Å². The number of piperidine rings is 1. The summed E-state index contributed by atoms with van der Waals surface area (Å²) in [6.45, 7) is 13.3. The molecule has 1 aliphatic heterocycles. The number of likely N-dealkylation sites (tertiary alicyclic amines) is 1. The maximum absolute atomic E-state index is 5.74. The first-order valence-electron chi connectivity index (χ1n) is 11.8. The van der Waals surface area contributed by atoms with E-state index in [0.29, 0.717) is 12.0 Å². The Labute approximate surface area is 176 Å². The molecule has 2 N–H and O–H groups in total. The summed E-state index contributed by atoms with van der Waals surface area (Å²) in [5.41, 5.74) is 1.01. The number of nitrogens with one attached hydrogen (secondary N) is 2. The summed E-state index contributed by atoms with van der Waals surface area (Å²) in [7, 11) is 0. The molecule has 0 radical (unpaired) electrons. The first-order valence-corrected chi connectivity index (χ1v) is 11.8. The van der Waals surface area contributed by atoms with Gasteiger partial charge in [0.15, 0.2) is 5.96 Å². The minimum absolute atomic E-state index is 0.588. The van der Waals surface area contributed by atoms with E-state index >= 15 is 0 Å². The van der Waals surface area contributed by atoms with E-state index in [2.05, 4.69) is 34.4 Å². The molecular weight excluding hydrogens is 362 g/mol. The number of nitrogens with zero attached hydrogens (tertiary/aromatic N) is 3. The zero-order valence-electron chi connectivity index (χ0n) is 19.0. The van der Waals surface area contributed by atoms with Crippen molar-refractivity contribution in [3.8, 4) is 0 Å². The fourth-order valence-electron chi connectivity index (χ4n) is 4.57. The lowest BCUT2D eigenvalue weighted by molar-refractivity contribution is 0.166. The molecule has 1 saturated heterocycles. The molecule has 2 fully saturated rings. The average Bonchev–Trinajstić information content (AvgIpc) is 3.05. The summed E-state index contributed by atoms with van der Waals surface area (Å²) < 4.78 is 5.74. The van der Waals surface area contributed by atoms with Crippen molar-refractivity contribution in [2.75, 3.05) is 26.2 Å². The van der Waals surface area contributed by atoms with Gasteiger partial charge in [-0.2, -0.15) is 0 Å². The second-order valence-electron chi connectivity index (χ2n) is 8.96. The monoisotopic (exact) mass is 403 g/mol. The molecule has 0 atom stereocenters. The first-order chi connectivity index (χ1) is 14.1. The maximum atomic E-state index is 5.74. The van der Waals surface area contributed by atoms with Crippen LogP contribution in [0.2, 0.25) is 0 Å². The second-order valence-corrected chi connectivity index (χ2v) is 8.96. The Balaban J connectivity index is 1.42. The summed E-state index contributed by atoms with van der Waals surface area (Å²) in [6, 6.07) is 0.588. The van der Waals surface area contributed by atoms with Gasteiger partial charge in [0.2, 0.25) is 5.89 Å². The van der Waals surface area contributed by atoms with Crippen LogP contribution in [-0.4, -0.2) is 48.1 Å². The molecule has 3 rings (SSSR count). The number of hydrogen-bond acceptors (Lipinski definition) is 4. The zero-order valence-corrected chi connectivity index (χ0v) is 19.0. The van der Waals surface area contributed by atoms with E-state index in [-0.39, 0.29) is 0 Å². The minimum atomic E-state index is 0.588. The summed E-state index contributed by atoms with van der Waals surface area (Å²) in [5, 5.41) is 7.15. The van der Waals surface area contributed by atoms with Crippen LogP contribution in [-0.2, 0) is 6.54 Å². The smallest absolute Gasteiger partial charge is 0.208 e. The van der Waals surface area contributed by atoms with Crippen LogP contribution in [0.25, 0.3) is 0 Å². The van der Waals surface area contributed by atoms with E-state index < -0.39 is 0 Å². The van der Waals surface area contributed by atoms with Crippen LogP contribution < -0.4 is 10.6 Å². The van der Waals surface area contributed by atoms with Gasteiger partial charge in [-0.3, -0.25) is 9.89 Å². The Kier molecular flexibility index (Phi) is 8.40. The Bertz CT molecular complexity index is 620. The Morgan fingerprint density at radius 1 is 1.07 bits per heavy atom. The van der Waals surface area contributed by atoms with E-state index in [1.807, 2.05) is 13.8 Å². The molecule has 0 aromatic carbocycles. The average molecular weight is 404 g/mol. The van der Waals surface area contributed by atoms with Crippen LogP contribution in [0.3, 0.4) is 0 Å².